The number of terminal acetylenes is 1. The Morgan fingerprint density at radius 3 is 1.63 bits per heavy atom. The van der Waals surface area contributed by atoms with Gasteiger partial charge in [0.15, 0.2) is 0 Å². The van der Waals surface area contributed by atoms with Crippen LogP contribution in [0, 0.1) is 45.5 Å². The van der Waals surface area contributed by atoms with E-state index >= 15 is 0 Å². The Hall–Kier alpha value is -3.24. The fourth-order valence-corrected chi connectivity index (χ4v) is 2.49. The maximum Gasteiger partial charge on any atom is 1.00 e. The van der Waals surface area contributed by atoms with Gasteiger partial charge in [0, 0.05) is 29.6 Å². The molecule has 0 heterocycles. The van der Waals surface area contributed by atoms with E-state index in [4.69, 9.17) is 11.2 Å². The predicted molar refractivity (Wildman–Crippen MR) is 186 cm³/mol. The zero-order valence-corrected chi connectivity index (χ0v) is 38.7. The van der Waals surface area contributed by atoms with Crippen molar-refractivity contribution in [1.29, 1.82) is 0 Å². The first kappa shape index (κ1) is 58.3. The standard InChI is InChI=1S/C24H25N2O4.C4H10.C2H5NO.C2H6.CH5N.2CH3.Cs.Fm/c1-5-18-6-10-21(11-7-18)26-24(29)30-15-19-8-12-20(13-9-19)25-23(28)17(4)22(27)14-16(2)3;1-3-4-2;1-2(3)4;2*1-2;;;;/h1,6-14,16-17H,15H2,2-4H3,(H,25,28)(H,26,29);3-4H2,1-2H3;1H3,(H2,3,4);1-2H3;2H2,1H3;2*1H3;;/q-1;;;;;2*-1;+1;. The van der Waals surface area contributed by atoms with Gasteiger partial charge >= 0.3 is 75.0 Å². The third-order valence-corrected chi connectivity index (χ3v) is 4.71. The van der Waals surface area contributed by atoms with Gasteiger partial charge in [0.05, 0.1) is 5.92 Å². The second kappa shape index (κ2) is 37.9. The number of ketones is 1. The minimum absolute atomic E-state index is 0. The number of rotatable bonds is 9. The molecule has 0 aliphatic carbocycles. The molecule has 9 nitrogen and oxygen atoms in total. The molecule has 0 fully saturated rings. The molecule has 0 spiro atoms. The number of nitrogens with two attached hydrogens (primary N) is 2. The van der Waals surface area contributed by atoms with Crippen molar-refractivity contribution in [3.05, 3.63) is 80.9 Å². The second-order valence-electron chi connectivity index (χ2n) is 8.75. The summed E-state index contributed by atoms with van der Waals surface area (Å²) < 4.78 is 5.19. The van der Waals surface area contributed by atoms with Crippen molar-refractivity contribution >= 4 is 35.1 Å². The summed E-state index contributed by atoms with van der Waals surface area (Å²) in [6.07, 6.45) is 8.89. The first-order valence-electron chi connectivity index (χ1n) is 14.1. The molecule has 0 saturated carbocycles. The van der Waals surface area contributed by atoms with E-state index in [0.29, 0.717) is 11.4 Å². The zero-order chi connectivity index (χ0) is 33.1. The van der Waals surface area contributed by atoms with E-state index in [1.807, 2.05) is 27.7 Å². The van der Waals surface area contributed by atoms with Gasteiger partial charge in [-0.25, -0.2) is 4.79 Å². The topological polar surface area (TPSA) is 154 Å². The smallest absolute Gasteiger partial charge is 0.444 e. The molecule has 0 saturated heterocycles. The van der Waals surface area contributed by atoms with Crippen LogP contribution >= 0.6 is 0 Å². The van der Waals surface area contributed by atoms with Gasteiger partial charge in [-0.15, -0.1) is 6.42 Å². The summed E-state index contributed by atoms with van der Waals surface area (Å²) in [6.45, 7) is 15.1. The Bertz CT molecular complexity index is 1070. The van der Waals surface area contributed by atoms with E-state index in [0.717, 1.165) is 11.1 Å². The summed E-state index contributed by atoms with van der Waals surface area (Å²) >= 11 is 0. The molecular weight excluding hydrogens is 946 g/mol. The van der Waals surface area contributed by atoms with Crippen LogP contribution < -0.4 is 91.0 Å². The van der Waals surface area contributed by atoms with Crippen LogP contribution in [0.25, 0.3) is 0 Å². The number of hydrogen-bond acceptors (Lipinski definition) is 6. The molecule has 0 aromatic heterocycles. The zero-order valence-electron chi connectivity index (χ0n) is 30.0. The van der Waals surface area contributed by atoms with Crippen LogP contribution in [0.1, 0.15) is 79.4 Å². The first-order valence-corrected chi connectivity index (χ1v) is 14.1. The first-order chi connectivity index (χ1) is 19.9. The molecule has 0 aliphatic heterocycles. The number of unbranched alkanes of at least 4 members (excludes halogenated alkanes) is 1. The number of Topliss-reactive ketones (excluding diaryl/α,β-unsaturated/α-hetero) is 1. The maximum atomic E-state index is 12.2. The summed E-state index contributed by atoms with van der Waals surface area (Å²) in [6, 6.07) is 13.7. The van der Waals surface area contributed by atoms with Gasteiger partial charge in [0.25, 0.3) is 0 Å². The van der Waals surface area contributed by atoms with Crippen LogP contribution in [0.15, 0.2) is 48.5 Å². The predicted octanol–water partition coefficient (Wildman–Crippen LogP) is 4.22. The SMILES string of the molecule is C#Cc1ccc(NC(=O)OCc2ccc(NC(=O)C(C)C(=O)[CH-]C(C)C)cc2)cc1.CC.CC(N)=O.CCCC.CN.[CH3-].[CH3-].[Cs+].[Fm]. The molecule has 2 rings (SSSR count). The monoisotopic (exact) mass is 1000 g/mol. The Morgan fingerprint density at radius 1 is 0.870 bits per heavy atom. The van der Waals surface area contributed by atoms with Gasteiger partial charge in [0.1, 0.15) is 6.61 Å². The molecule has 262 valence electrons. The van der Waals surface area contributed by atoms with Gasteiger partial charge in [-0.3, -0.25) is 14.9 Å². The van der Waals surface area contributed by atoms with Crippen LogP contribution in [0.3, 0.4) is 0 Å². The minimum Gasteiger partial charge on any atom is -0.444 e. The van der Waals surface area contributed by atoms with Crippen LogP contribution in [0.5, 0.6) is 0 Å². The average Bonchev–Trinajstić information content (AvgIpc) is 2.98. The van der Waals surface area contributed by atoms with Crippen molar-refractivity contribution in [3.63, 3.8) is 0 Å². The molecule has 2 aromatic rings. The van der Waals surface area contributed by atoms with Crippen molar-refractivity contribution in [3.8, 4) is 12.3 Å². The van der Waals surface area contributed by atoms with E-state index < -0.39 is 12.0 Å². The number of carbonyl (C=O) groups excluding carboxylic acids is 4. The molecule has 6 N–H and O–H groups in total. The number of anilines is 2. The largest absolute Gasteiger partial charge is 1.00 e. The van der Waals surface area contributed by atoms with E-state index in [-0.39, 0.29) is 114 Å². The molecule has 1 unspecified atom stereocenters. The molecule has 3 amide bonds. The number of primary amides is 1. The number of hydrogen-bond donors (Lipinski definition) is 4. The van der Waals surface area contributed by atoms with Crippen LogP contribution in [0.4, 0.5) is 16.2 Å². The van der Waals surface area contributed by atoms with Crippen LogP contribution in [0.2, 0.25) is 0 Å². The van der Waals surface area contributed by atoms with Crippen LogP contribution in [-0.4, -0.2) is 30.7 Å². The van der Waals surface area contributed by atoms with E-state index in [9.17, 15) is 19.2 Å². The number of carbonyl (C=O) groups is 4. The fraction of sp³-hybridized carbons (Fsp3) is 0.400. The Balaban J connectivity index is -0.000000166. The quantitative estimate of drug-likeness (QED) is 0.168. The molecule has 1 atom stereocenters. The minimum atomic E-state index is -0.756. The third kappa shape index (κ3) is 32.2. The van der Waals surface area contributed by atoms with Crippen molar-refractivity contribution in [1.82, 2.24) is 0 Å². The van der Waals surface area contributed by atoms with Gasteiger partial charge < -0.3 is 47.6 Å². The van der Waals surface area contributed by atoms with Gasteiger partial charge in [-0.05, 0) is 55.9 Å². The van der Waals surface area contributed by atoms with E-state index in [2.05, 4.69) is 41.9 Å². The molecule has 0 bridgehead atoms. The number of benzene rings is 2. The van der Waals surface area contributed by atoms with Crippen molar-refractivity contribution in [2.24, 2.45) is 23.3 Å². The molecule has 46 heavy (non-hydrogen) atoms. The molecule has 0 aliphatic rings. The van der Waals surface area contributed by atoms with Crippen molar-refractivity contribution in [2.45, 2.75) is 74.8 Å². The van der Waals surface area contributed by atoms with Gasteiger partial charge in [0.2, 0.25) is 11.8 Å². The second-order valence-corrected chi connectivity index (χ2v) is 8.75. The summed E-state index contributed by atoms with van der Waals surface area (Å²) in [7, 11) is 1.50. The Labute approximate surface area is 333 Å². The fourth-order valence-electron chi connectivity index (χ4n) is 2.49. The number of ether oxygens (including phenoxy) is 1. The molecule has 2 aromatic carbocycles. The summed E-state index contributed by atoms with van der Waals surface area (Å²) in [4.78, 5) is 45.3. The van der Waals surface area contributed by atoms with E-state index in [1.165, 1.54) is 26.8 Å². The maximum absolute atomic E-state index is 12.2. The Kier molecular flexibility index (Phi) is 48.1. The summed E-state index contributed by atoms with van der Waals surface area (Å²) in [5, 5.41) is 5.33. The molecular formula is C35H57CsFmN4O5-2. The molecule has 11 heteroatoms. The Morgan fingerprint density at radius 2 is 1.26 bits per heavy atom. The summed E-state index contributed by atoms with van der Waals surface area (Å²) in [5.74, 6) is 0.935. The van der Waals surface area contributed by atoms with E-state index in [1.54, 1.807) is 61.9 Å². The van der Waals surface area contributed by atoms with Crippen molar-refractivity contribution < 1.29 is 92.8 Å². The third-order valence-electron chi connectivity index (χ3n) is 4.71. The number of amides is 3. The molecule has 0 radical (unpaired) electrons. The van der Waals surface area contributed by atoms with Gasteiger partial charge in [-0.1, -0.05) is 72.4 Å². The number of nitrogens with one attached hydrogen (secondary N) is 2. The normalized spacial score (nSPS) is 8.74. The summed E-state index contributed by atoms with van der Waals surface area (Å²) in [5.41, 5.74) is 11.6. The van der Waals surface area contributed by atoms with Crippen molar-refractivity contribution in [2.75, 3.05) is 17.7 Å². The van der Waals surface area contributed by atoms with Crippen LogP contribution in [-0.2, 0) is 25.7 Å². The van der Waals surface area contributed by atoms with Gasteiger partial charge in [-0.2, -0.15) is 5.92 Å². The average molecular weight is 1000 g/mol.